The Kier molecular flexibility index (Phi) is 1.88. The third kappa shape index (κ3) is 1.18. The van der Waals surface area contributed by atoms with E-state index < -0.39 is 0 Å². The molecule has 62 valence electrons. The van der Waals surface area contributed by atoms with Crippen molar-refractivity contribution in [2.24, 2.45) is 11.8 Å². The molecule has 2 rings (SSSR count). The minimum absolute atomic E-state index is 0.785. The van der Waals surface area contributed by atoms with E-state index in [1.165, 1.54) is 18.7 Å². The molecule has 1 heterocycles. The summed E-state index contributed by atoms with van der Waals surface area (Å²) in [4.78, 5) is 1.64. The summed E-state index contributed by atoms with van der Waals surface area (Å²) in [6.45, 7) is 5.84. The second kappa shape index (κ2) is 2.74. The van der Waals surface area contributed by atoms with Gasteiger partial charge < -0.3 is 5.32 Å². The number of rotatable bonds is 0. The molecule has 0 radical (unpaired) electrons. The van der Waals surface area contributed by atoms with Gasteiger partial charge in [-0.25, -0.2) is 0 Å². The lowest BCUT2D eigenvalue weighted by molar-refractivity contribution is 0.556. The molecule has 1 N–H and O–H groups in total. The van der Waals surface area contributed by atoms with Crippen LogP contribution in [0.4, 0.5) is 0 Å². The fourth-order valence-corrected chi connectivity index (χ4v) is 3.33. The molecule has 2 aliphatic rings. The van der Waals surface area contributed by atoms with E-state index in [2.05, 4.69) is 30.9 Å². The van der Waals surface area contributed by atoms with Crippen LogP contribution < -0.4 is 5.32 Å². The molecule has 1 aliphatic carbocycles. The molecule has 2 heteroatoms. The highest BCUT2D eigenvalue weighted by molar-refractivity contribution is 8.03. The van der Waals surface area contributed by atoms with E-state index in [4.69, 9.17) is 0 Å². The molecule has 0 bridgehead atoms. The number of nitrogens with one attached hydrogen (secondary N) is 1. The minimum Gasteiger partial charge on any atom is -0.387 e. The second-order valence-corrected chi connectivity index (χ2v) is 4.73. The van der Waals surface area contributed by atoms with Crippen molar-refractivity contribution in [3.8, 4) is 0 Å². The van der Waals surface area contributed by atoms with Gasteiger partial charge >= 0.3 is 0 Å². The van der Waals surface area contributed by atoms with E-state index in [0.717, 1.165) is 11.8 Å². The molecule has 0 saturated carbocycles. The van der Waals surface area contributed by atoms with Gasteiger partial charge in [0.2, 0.25) is 0 Å². The molecule has 0 aromatic carbocycles. The smallest absolute Gasteiger partial charge is 0.0238 e. The van der Waals surface area contributed by atoms with Crippen molar-refractivity contribution in [2.75, 3.05) is 12.3 Å². The second-order valence-electron chi connectivity index (χ2n) is 3.59. The van der Waals surface area contributed by atoms with Crippen molar-refractivity contribution in [3.05, 3.63) is 10.6 Å². The monoisotopic (exact) mass is 169 g/mol. The van der Waals surface area contributed by atoms with Gasteiger partial charge in [0.05, 0.1) is 0 Å². The van der Waals surface area contributed by atoms with Crippen LogP contribution in [-0.4, -0.2) is 12.3 Å². The molecule has 0 saturated heterocycles. The van der Waals surface area contributed by atoms with Crippen LogP contribution in [0.15, 0.2) is 10.6 Å². The first-order valence-corrected chi connectivity index (χ1v) is 5.38. The first kappa shape index (κ1) is 7.53. The van der Waals surface area contributed by atoms with Gasteiger partial charge in [-0.15, -0.1) is 11.8 Å². The number of allylic oxidation sites excluding steroid dienone is 2. The molecule has 2 unspecified atom stereocenters. The van der Waals surface area contributed by atoms with Crippen LogP contribution in [0.3, 0.4) is 0 Å². The molecular weight excluding hydrogens is 154 g/mol. The summed E-state index contributed by atoms with van der Waals surface area (Å²) in [5.74, 6) is 2.86. The fourth-order valence-electron chi connectivity index (χ4n) is 2.09. The van der Waals surface area contributed by atoms with Crippen molar-refractivity contribution >= 4 is 11.8 Å². The van der Waals surface area contributed by atoms with Crippen molar-refractivity contribution in [1.82, 2.24) is 5.32 Å². The summed E-state index contributed by atoms with van der Waals surface area (Å²) in [7, 11) is 0. The van der Waals surface area contributed by atoms with Gasteiger partial charge in [0.15, 0.2) is 0 Å². The Morgan fingerprint density at radius 3 is 2.91 bits per heavy atom. The van der Waals surface area contributed by atoms with Gasteiger partial charge in [-0.3, -0.25) is 0 Å². The Hall–Kier alpha value is -0.110. The Labute approximate surface area is 72.6 Å². The Bertz CT molecular complexity index is 178. The third-order valence-corrected chi connectivity index (χ3v) is 3.93. The molecule has 0 fully saturated rings. The maximum Gasteiger partial charge on any atom is 0.0238 e. The Morgan fingerprint density at radius 2 is 2.18 bits per heavy atom. The van der Waals surface area contributed by atoms with Gasteiger partial charge in [0, 0.05) is 22.9 Å². The molecule has 1 aliphatic heterocycles. The molecule has 11 heavy (non-hydrogen) atoms. The van der Waals surface area contributed by atoms with Gasteiger partial charge in [-0.05, 0) is 18.3 Å². The van der Waals surface area contributed by atoms with Crippen LogP contribution in [0.5, 0.6) is 0 Å². The summed E-state index contributed by atoms with van der Waals surface area (Å²) >= 11 is 2.06. The first-order chi connectivity index (χ1) is 5.29. The summed E-state index contributed by atoms with van der Waals surface area (Å²) in [5.41, 5.74) is 1.55. The maximum atomic E-state index is 3.52. The topological polar surface area (TPSA) is 12.0 Å². The molecule has 0 aromatic rings. The van der Waals surface area contributed by atoms with Crippen LogP contribution in [0.25, 0.3) is 0 Å². The zero-order chi connectivity index (χ0) is 7.84. The zero-order valence-electron chi connectivity index (χ0n) is 7.18. The predicted octanol–water partition coefficient (Wildman–Crippen LogP) is 2.21. The van der Waals surface area contributed by atoms with Crippen molar-refractivity contribution in [2.45, 2.75) is 20.3 Å². The molecule has 0 amide bonds. The van der Waals surface area contributed by atoms with Crippen LogP contribution in [0.1, 0.15) is 20.3 Å². The Balaban J connectivity index is 2.25. The fraction of sp³-hybridized carbons (Fsp3) is 0.778. The summed E-state index contributed by atoms with van der Waals surface area (Å²) in [6, 6.07) is 0. The lowest BCUT2D eigenvalue weighted by Crippen LogP contribution is -2.23. The van der Waals surface area contributed by atoms with Crippen molar-refractivity contribution < 1.29 is 0 Å². The summed E-state index contributed by atoms with van der Waals surface area (Å²) < 4.78 is 0. The molecule has 2 atom stereocenters. The normalized spacial score (nSPS) is 36.9. The van der Waals surface area contributed by atoms with Crippen LogP contribution in [0.2, 0.25) is 0 Å². The molecule has 1 nitrogen and oxygen atoms in total. The first-order valence-electron chi connectivity index (χ1n) is 4.39. The lowest BCUT2D eigenvalue weighted by atomic mass is 10.1. The van der Waals surface area contributed by atoms with E-state index in [1.54, 1.807) is 10.6 Å². The van der Waals surface area contributed by atoms with Crippen LogP contribution in [0, 0.1) is 11.8 Å². The van der Waals surface area contributed by atoms with E-state index in [-0.39, 0.29) is 0 Å². The van der Waals surface area contributed by atoms with Crippen molar-refractivity contribution in [1.29, 1.82) is 0 Å². The highest BCUT2D eigenvalue weighted by Gasteiger charge is 2.29. The van der Waals surface area contributed by atoms with E-state index in [0.29, 0.717) is 0 Å². The maximum absolute atomic E-state index is 3.52. The summed E-state index contributed by atoms with van der Waals surface area (Å²) in [5, 5.41) is 3.52. The quantitative estimate of drug-likeness (QED) is 0.596. The zero-order valence-corrected chi connectivity index (χ0v) is 8.00. The van der Waals surface area contributed by atoms with Crippen molar-refractivity contribution in [3.63, 3.8) is 0 Å². The highest BCUT2D eigenvalue weighted by Crippen LogP contribution is 2.42. The third-order valence-electron chi connectivity index (χ3n) is 2.59. The average molecular weight is 169 g/mol. The molecular formula is C9H15NS. The van der Waals surface area contributed by atoms with Gasteiger partial charge in [0.1, 0.15) is 0 Å². The molecule has 0 aromatic heterocycles. The minimum atomic E-state index is 0.785. The van der Waals surface area contributed by atoms with Gasteiger partial charge in [0.25, 0.3) is 0 Å². The standard InChI is InChI=1S/C9H15NS/c1-6-5-7(2)9-8(6)10-3-4-11-9/h6-7,10H,3-5H2,1-2H3. The summed E-state index contributed by atoms with van der Waals surface area (Å²) in [6.07, 6.45) is 1.35. The lowest BCUT2D eigenvalue weighted by Gasteiger charge is -2.19. The number of hydrogen-bond acceptors (Lipinski definition) is 2. The van der Waals surface area contributed by atoms with E-state index in [1.807, 2.05) is 0 Å². The van der Waals surface area contributed by atoms with E-state index in [9.17, 15) is 0 Å². The van der Waals surface area contributed by atoms with Gasteiger partial charge in [-0.1, -0.05) is 13.8 Å². The predicted molar refractivity (Wildman–Crippen MR) is 50.4 cm³/mol. The van der Waals surface area contributed by atoms with E-state index >= 15 is 0 Å². The molecule has 0 spiro atoms. The number of hydrogen-bond donors (Lipinski definition) is 1. The highest BCUT2D eigenvalue weighted by atomic mass is 32.2. The van der Waals surface area contributed by atoms with Crippen LogP contribution in [-0.2, 0) is 0 Å². The van der Waals surface area contributed by atoms with Gasteiger partial charge in [-0.2, -0.15) is 0 Å². The average Bonchev–Trinajstić information content (AvgIpc) is 2.30. The SMILES string of the molecule is CC1CC(C)C2=C1NCCS2. The van der Waals surface area contributed by atoms with Crippen LogP contribution >= 0.6 is 11.8 Å². The number of thioether (sulfide) groups is 1. The Morgan fingerprint density at radius 1 is 1.36 bits per heavy atom. The largest absolute Gasteiger partial charge is 0.387 e.